The van der Waals surface area contributed by atoms with Crippen LogP contribution < -0.4 is 10.6 Å². The number of hydrogen-bond acceptors (Lipinski definition) is 4. The zero-order valence-electron chi connectivity index (χ0n) is 11.2. The normalized spacial score (nSPS) is 10.0. The predicted molar refractivity (Wildman–Crippen MR) is 74.3 cm³/mol. The molecule has 2 radical (unpaired) electrons. The molecule has 0 saturated carbocycles. The third-order valence-electron chi connectivity index (χ3n) is 2.58. The Labute approximate surface area is 114 Å². The molecule has 5 nitrogen and oxygen atoms in total. The highest BCUT2D eigenvalue weighted by atomic mass is 16.5. The summed E-state index contributed by atoms with van der Waals surface area (Å²) in [5.41, 5.74) is 2.61. The minimum atomic E-state index is -0.798. The van der Waals surface area contributed by atoms with Crippen molar-refractivity contribution in [3.63, 3.8) is 0 Å². The van der Waals surface area contributed by atoms with Crippen LogP contribution in [-0.2, 0) is 22.6 Å². The van der Waals surface area contributed by atoms with Crippen molar-refractivity contribution in [1.29, 1.82) is 0 Å². The Morgan fingerprint density at radius 3 is 2.63 bits per heavy atom. The molecule has 0 bridgehead atoms. The van der Waals surface area contributed by atoms with E-state index in [2.05, 4.69) is 10.6 Å². The molecule has 0 aliphatic rings. The molecule has 0 saturated heterocycles. The van der Waals surface area contributed by atoms with E-state index in [-0.39, 0.29) is 19.1 Å². The van der Waals surface area contributed by atoms with Crippen molar-refractivity contribution in [1.82, 2.24) is 5.32 Å². The molecular formula is C13H17BN2O3. The van der Waals surface area contributed by atoms with Gasteiger partial charge in [0.15, 0.2) is 0 Å². The van der Waals surface area contributed by atoms with Crippen molar-refractivity contribution in [2.45, 2.75) is 20.0 Å². The van der Waals surface area contributed by atoms with Gasteiger partial charge in [0.25, 0.3) is 0 Å². The molecule has 0 aliphatic heterocycles. The molecule has 6 heteroatoms. The van der Waals surface area contributed by atoms with Crippen LogP contribution in [0.1, 0.15) is 18.1 Å². The molecule has 19 heavy (non-hydrogen) atoms. The lowest BCUT2D eigenvalue weighted by Crippen LogP contribution is -2.25. The van der Waals surface area contributed by atoms with Gasteiger partial charge in [0.2, 0.25) is 19.6 Å². The minimum absolute atomic E-state index is 0.106. The van der Waals surface area contributed by atoms with Crippen molar-refractivity contribution in [3.05, 3.63) is 29.3 Å². The van der Waals surface area contributed by atoms with Crippen LogP contribution in [0.4, 0.5) is 10.5 Å². The topological polar surface area (TPSA) is 67.4 Å². The molecule has 0 aromatic heterocycles. The maximum atomic E-state index is 11.5. The lowest BCUT2D eigenvalue weighted by molar-refractivity contribution is -0.115. The summed E-state index contributed by atoms with van der Waals surface area (Å²) < 4.78 is 4.77. The van der Waals surface area contributed by atoms with Crippen molar-refractivity contribution >= 4 is 25.3 Å². The van der Waals surface area contributed by atoms with Gasteiger partial charge < -0.3 is 15.4 Å². The van der Waals surface area contributed by atoms with Crippen LogP contribution in [0.15, 0.2) is 18.2 Å². The summed E-state index contributed by atoms with van der Waals surface area (Å²) >= 11 is 0. The molecule has 2 N–H and O–H groups in total. The van der Waals surface area contributed by atoms with Gasteiger partial charge in [-0.25, -0.2) is 0 Å². The second-order valence-corrected chi connectivity index (χ2v) is 4.02. The summed E-state index contributed by atoms with van der Waals surface area (Å²) in [4.78, 5) is 22.0. The van der Waals surface area contributed by atoms with Gasteiger partial charge in [-0.1, -0.05) is 13.0 Å². The Balaban J connectivity index is 2.77. The lowest BCUT2D eigenvalue weighted by atomic mass is 10.0. The fraction of sp³-hybridized carbons (Fsp3) is 0.385. The summed E-state index contributed by atoms with van der Waals surface area (Å²) in [6.07, 6.45) is 0.771. The Bertz CT molecular complexity index is 463. The number of aryl methyl sites for hydroxylation is 1. The summed E-state index contributed by atoms with van der Waals surface area (Å²) in [6.45, 7) is 2.39. The highest BCUT2D eigenvalue weighted by molar-refractivity contribution is 6.55. The summed E-state index contributed by atoms with van der Waals surface area (Å²) in [7, 11) is 6.65. The quantitative estimate of drug-likeness (QED) is 0.754. The average molecular weight is 260 g/mol. The molecule has 1 aromatic rings. The van der Waals surface area contributed by atoms with Crippen LogP contribution >= 0.6 is 0 Å². The number of rotatable bonds is 6. The highest BCUT2D eigenvalue weighted by Gasteiger charge is 2.06. The first-order valence-electron chi connectivity index (χ1n) is 6.05. The van der Waals surface area contributed by atoms with E-state index in [0.29, 0.717) is 0 Å². The first-order valence-corrected chi connectivity index (χ1v) is 6.05. The van der Waals surface area contributed by atoms with E-state index < -0.39 is 5.87 Å². The Morgan fingerprint density at radius 1 is 1.32 bits per heavy atom. The molecule has 0 fully saturated rings. The highest BCUT2D eigenvalue weighted by Crippen LogP contribution is 2.17. The van der Waals surface area contributed by atoms with Crippen LogP contribution in [0.3, 0.4) is 0 Å². The fourth-order valence-corrected chi connectivity index (χ4v) is 1.69. The minimum Gasteiger partial charge on any atom is -0.470 e. The number of likely N-dealkylation sites (N-methyl/N-ethyl adjacent to an activating group) is 1. The zero-order chi connectivity index (χ0) is 14.3. The molecule has 0 atom stereocenters. The van der Waals surface area contributed by atoms with Gasteiger partial charge >= 0.3 is 0 Å². The number of carbonyl (C=O) groups excluding carboxylic acids is 2. The van der Waals surface area contributed by atoms with Crippen molar-refractivity contribution < 1.29 is 14.3 Å². The smallest absolute Gasteiger partial charge is 0.238 e. The summed E-state index contributed by atoms with van der Waals surface area (Å²) in [5, 5.41) is 5.55. The van der Waals surface area contributed by atoms with E-state index in [9.17, 15) is 9.59 Å². The monoisotopic (exact) mass is 260 g/mol. The van der Waals surface area contributed by atoms with E-state index >= 15 is 0 Å². The van der Waals surface area contributed by atoms with Crippen molar-refractivity contribution in [3.8, 4) is 0 Å². The SMILES string of the molecule is [B]C(=O)OCc1ccc(NC(=O)CNC)cc1CC. The average Bonchev–Trinajstić information content (AvgIpc) is 2.37. The van der Waals surface area contributed by atoms with Gasteiger partial charge in [-0.2, -0.15) is 0 Å². The first kappa shape index (κ1) is 15.2. The molecule has 0 unspecified atom stereocenters. The van der Waals surface area contributed by atoms with E-state index in [1.54, 1.807) is 13.1 Å². The summed E-state index contributed by atoms with van der Waals surface area (Å²) in [6, 6.07) is 5.45. The lowest BCUT2D eigenvalue weighted by Gasteiger charge is -2.11. The van der Waals surface area contributed by atoms with E-state index in [1.807, 2.05) is 19.1 Å². The van der Waals surface area contributed by atoms with E-state index in [4.69, 9.17) is 12.6 Å². The van der Waals surface area contributed by atoms with Crippen LogP contribution in [0, 0.1) is 0 Å². The standard InChI is InChI=1S/C13H17BN2O3/c1-3-9-6-11(16-12(17)7-15-2)5-4-10(9)8-19-13(14)18/h4-6,15H,3,7-8H2,1-2H3,(H,16,17). The van der Waals surface area contributed by atoms with Gasteiger partial charge in [0, 0.05) is 5.69 Å². The van der Waals surface area contributed by atoms with Gasteiger partial charge in [0.05, 0.1) is 6.54 Å². The van der Waals surface area contributed by atoms with Crippen LogP contribution in [0.25, 0.3) is 0 Å². The number of hydrogen-bond donors (Lipinski definition) is 2. The fourth-order valence-electron chi connectivity index (χ4n) is 1.69. The third-order valence-corrected chi connectivity index (χ3v) is 2.58. The maximum Gasteiger partial charge on any atom is 0.238 e. The van der Waals surface area contributed by atoms with Crippen LogP contribution in [0.2, 0.25) is 0 Å². The number of carbonyl (C=O) groups is 2. The van der Waals surface area contributed by atoms with E-state index in [1.165, 1.54) is 0 Å². The predicted octanol–water partition coefficient (Wildman–Crippen LogP) is 1.21. The number of nitrogens with one attached hydrogen (secondary N) is 2. The second-order valence-electron chi connectivity index (χ2n) is 4.02. The van der Waals surface area contributed by atoms with Gasteiger partial charge in [-0.15, -0.1) is 0 Å². The third kappa shape index (κ3) is 5.13. The Hall–Kier alpha value is -1.82. The van der Waals surface area contributed by atoms with Crippen molar-refractivity contribution in [2.75, 3.05) is 18.9 Å². The largest absolute Gasteiger partial charge is 0.470 e. The number of anilines is 1. The number of benzene rings is 1. The Kier molecular flexibility index (Phi) is 6.08. The molecule has 1 rings (SSSR count). The molecular weight excluding hydrogens is 243 g/mol. The maximum absolute atomic E-state index is 11.5. The van der Waals surface area contributed by atoms with Gasteiger partial charge in [-0.3, -0.25) is 9.59 Å². The first-order chi connectivity index (χ1) is 9.06. The van der Waals surface area contributed by atoms with Crippen molar-refractivity contribution in [2.24, 2.45) is 0 Å². The zero-order valence-corrected chi connectivity index (χ0v) is 11.2. The molecule has 0 aliphatic carbocycles. The molecule has 0 spiro atoms. The number of amides is 1. The Morgan fingerprint density at radius 2 is 2.05 bits per heavy atom. The number of ether oxygens (including phenoxy) is 1. The second kappa shape index (κ2) is 7.58. The van der Waals surface area contributed by atoms with E-state index in [0.717, 1.165) is 23.2 Å². The van der Waals surface area contributed by atoms with Crippen LogP contribution in [0.5, 0.6) is 0 Å². The van der Waals surface area contributed by atoms with Gasteiger partial charge in [0.1, 0.15) is 6.61 Å². The van der Waals surface area contributed by atoms with Gasteiger partial charge in [-0.05, 0) is 36.7 Å². The molecule has 100 valence electrons. The summed E-state index contributed by atoms with van der Waals surface area (Å²) in [5.74, 6) is -0.904. The molecule has 0 heterocycles. The van der Waals surface area contributed by atoms with Crippen LogP contribution in [-0.4, -0.2) is 33.2 Å². The molecule has 1 aromatic carbocycles. The molecule has 1 amide bonds.